The molecular formula is C10H16N6. The molecule has 0 bridgehead atoms. The lowest BCUT2D eigenvalue weighted by Crippen LogP contribution is -2.09. The summed E-state index contributed by atoms with van der Waals surface area (Å²) in [4.78, 5) is 8.13. The van der Waals surface area contributed by atoms with E-state index in [0.29, 0.717) is 5.82 Å². The molecule has 2 heterocycles. The summed E-state index contributed by atoms with van der Waals surface area (Å²) in [5.41, 5.74) is 5.68. The van der Waals surface area contributed by atoms with E-state index in [1.54, 1.807) is 12.5 Å². The van der Waals surface area contributed by atoms with E-state index < -0.39 is 0 Å². The smallest absolute Gasteiger partial charge is 0.166 e. The molecule has 0 aromatic carbocycles. The third-order valence-electron chi connectivity index (χ3n) is 2.32. The van der Waals surface area contributed by atoms with Gasteiger partial charge < -0.3 is 10.3 Å². The van der Waals surface area contributed by atoms with E-state index in [0.717, 1.165) is 19.5 Å². The van der Waals surface area contributed by atoms with Crippen LogP contribution in [0.15, 0.2) is 25.0 Å². The van der Waals surface area contributed by atoms with E-state index in [-0.39, 0.29) is 6.04 Å². The van der Waals surface area contributed by atoms with Crippen molar-refractivity contribution in [2.24, 2.45) is 5.73 Å². The van der Waals surface area contributed by atoms with Gasteiger partial charge >= 0.3 is 0 Å². The molecule has 1 unspecified atom stereocenters. The van der Waals surface area contributed by atoms with Crippen LogP contribution in [-0.2, 0) is 13.1 Å². The highest BCUT2D eigenvalue weighted by molar-refractivity contribution is 4.87. The van der Waals surface area contributed by atoms with Crippen molar-refractivity contribution in [2.75, 3.05) is 0 Å². The minimum atomic E-state index is -0.102. The minimum absolute atomic E-state index is 0.102. The Morgan fingerprint density at radius 1 is 1.38 bits per heavy atom. The number of nitrogens with two attached hydrogens (primary N) is 1. The predicted octanol–water partition coefficient (Wildman–Crippen LogP) is 0.585. The van der Waals surface area contributed by atoms with Crippen LogP contribution in [0.3, 0.4) is 0 Å². The Balaban J connectivity index is 1.81. The molecule has 2 N–H and O–H groups in total. The molecule has 0 saturated heterocycles. The van der Waals surface area contributed by atoms with Crippen molar-refractivity contribution in [3.05, 3.63) is 30.9 Å². The van der Waals surface area contributed by atoms with Crippen LogP contribution >= 0.6 is 0 Å². The first kappa shape index (κ1) is 10.8. The highest BCUT2D eigenvalue weighted by Gasteiger charge is 2.04. The number of aromatic nitrogens is 5. The molecule has 0 fully saturated rings. The first-order chi connectivity index (χ1) is 7.75. The van der Waals surface area contributed by atoms with Crippen LogP contribution in [0.25, 0.3) is 0 Å². The molecular weight excluding hydrogens is 204 g/mol. The van der Waals surface area contributed by atoms with Gasteiger partial charge in [-0.15, -0.1) is 0 Å². The summed E-state index contributed by atoms with van der Waals surface area (Å²) < 4.78 is 3.87. The molecule has 2 rings (SSSR count). The maximum atomic E-state index is 5.68. The lowest BCUT2D eigenvalue weighted by atomic mass is 10.3. The van der Waals surface area contributed by atoms with Crippen LogP contribution in [0.1, 0.15) is 25.2 Å². The largest absolute Gasteiger partial charge is 0.337 e. The molecule has 0 amide bonds. The first-order valence-corrected chi connectivity index (χ1v) is 5.36. The Bertz CT molecular complexity index is 416. The Morgan fingerprint density at radius 2 is 2.25 bits per heavy atom. The average molecular weight is 220 g/mol. The van der Waals surface area contributed by atoms with E-state index in [2.05, 4.69) is 15.1 Å². The number of hydrogen-bond donors (Lipinski definition) is 1. The molecule has 0 aliphatic carbocycles. The Hall–Kier alpha value is -1.69. The standard InChI is InChI=1S/C10H16N6/c1-9(11)10-13-8-16(14-10)5-2-4-15-6-3-12-7-15/h3,6-9H,2,4-5,11H2,1H3. The van der Waals surface area contributed by atoms with Gasteiger partial charge in [0.25, 0.3) is 0 Å². The van der Waals surface area contributed by atoms with Crippen molar-refractivity contribution in [1.29, 1.82) is 0 Å². The molecule has 0 spiro atoms. The van der Waals surface area contributed by atoms with E-state index in [1.807, 2.05) is 28.7 Å². The molecule has 0 aliphatic heterocycles. The number of aryl methyl sites for hydroxylation is 2. The van der Waals surface area contributed by atoms with Gasteiger partial charge in [0, 0.05) is 25.5 Å². The Labute approximate surface area is 94.1 Å². The maximum Gasteiger partial charge on any atom is 0.166 e. The normalized spacial score (nSPS) is 12.9. The summed E-state index contributed by atoms with van der Waals surface area (Å²) in [6, 6.07) is -0.102. The monoisotopic (exact) mass is 220 g/mol. The SMILES string of the molecule is CC(N)c1ncn(CCCn2ccnc2)n1. The number of imidazole rings is 1. The Morgan fingerprint density at radius 3 is 2.88 bits per heavy atom. The van der Waals surface area contributed by atoms with Crippen LogP contribution in [-0.4, -0.2) is 24.3 Å². The molecule has 0 aliphatic rings. The highest BCUT2D eigenvalue weighted by atomic mass is 15.3. The lowest BCUT2D eigenvalue weighted by molar-refractivity contribution is 0.519. The molecule has 2 aromatic rings. The van der Waals surface area contributed by atoms with Crippen molar-refractivity contribution in [3.63, 3.8) is 0 Å². The molecule has 1 atom stereocenters. The summed E-state index contributed by atoms with van der Waals surface area (Å²) in [5, 5.41) is 4.28. The number of hydrogen-bond acceptors (Lipinski definition) is 4. The minimum Gasteiger partial charge on any atom is -0.337 e. The van der Waals surface area contributed by atoms with Gasteiger partial charge in [-0.2, -0.15) is 5.10 Å². The van der Waals surface area contributed by atoms with Crippen molar-refractivity contribution in [3.8, 4) is 0 Å². The zero-order valence-corrected chi connectivity index (χ0v) is 9.32. The van der Waals surface area contributed by atoms with Gasteiger partial charge in [-0.1, -0.05) is 0 Å². The van der Waals surface area contributed by atoms with Crippen LogP contribution in [0.5, 0.6) is 0 Å². The first-order valence-electron chi connectivity index (χ1n) is 5.36. The Kier molecular flexibility index (Phi) is 3.31. The van der Waals surface area contributed by atoms with Crippen LogP contribution in [0.4, 0.5) is 0 Å². The van der Waals surface area contributed by atoms with Gasteiger partial charge in [0.1, 0.15) is 6.33 Å². The topological polar surface area (TPSA) is 74.5 Å². The van der Waals surface area contributed by atoms with E-state index in [4.69, 9.17) is 5.73 Å². The second-order valence-electron chi connectivity index (χ2n) is 3.81. The van der Waals surface area contributed by atoms with Crippen LogP contribution in [0, 0.1) is 0 Å². The summed E-state index contributed by atoms with van der Waals surface area (Å²) in [6.07, 6.45) is 8.28. The average Bonchev–Trinajstić information content (AvgIpc) is 2.87. The molecule has 2 aromatic heterocycles. The third-order valence-corrected chi connectivity index (χ3v) is 2.32. The van der Waals surface area contributed by atoms with Gasteiger partial charge in [0.2, 0.25) is 0 Å². The fourth-order valence-electron chi connectivity index (χ4n) is 1.46. The second kappa shape index (κ2) is 4.89. The van der Waals surface area contributed by atoms with Crippen molar-refractivity contribution < 1.29 is 0 Å². The third kappa shape index (κ3) is 2.66. The number of rotatable bonds is 5. The summed E-state index contributed by atoms with van der Waals surface area (Å²) in [6.45, 7) is 3.66. The van der Waals surface area contributed by atoms with Gasteiger partial charge in [0.05, 0.1) is 12.4 Å². The van der Waals surface area contributed by atoms with Gasteiger partial charge in [-0.05, 0) is 13.3 Å². The fourth-order valence-corrected chi connectivity index (χ4v) is 1.46. The zero-order chi connectivity index (χ0) is 11.4. The fraction of sp³-hybridized carbons (Fsp3) is 0.500. The quantitative estimate of drug-likeness (QED) is 0.800. The number of nitrogens with zero attached hydrogens (tertiary/aromatic N) is 5. The molecule has 6 nitrogen and oxygen atoms in total. The van der Waals surface area contributed by atoms with Crippen molar-refractivity contribution in [2.45, 2.75) is 32.5 Å². The zero-order valence-electron chi connectivity index (χ0n) is 9.32. The summed E-state index contributed by atoms with van der Waals surface area (Å²) in [7, 11) is 0. The van der Waals surface area contributed by atoms with Crippen molar-refractivity contribution in [1.82, 2.24) is 24.3 Å². The van der Waals surface area contributed by atoms with E-state index in [9.17, 15) is 0 Å². The van der Waals surface area contributed by atoms with E-state index >= 15 is 0 Å². The molecule has 0 saturated carbocycles. The molecule has 0 radical (unpaired) electrons. The van der Waals surface area contributed by atoms with Crippen LogP contribution in [0.2, 0.25) is 0 Å². The van der Waals surface area contributed by atoms with Gasteiger partial charge in [0.15, 0.2) is 5.82 Å². The van der Waals surface area contributed by atoms with Gasteiger partial charge in [-0.3, -0.25) is 4.68 Å². The summed E-state index contributed by atoms with van der Waals surface area (Å²) in [5.74, 6) is 0.697. The van der Waals surface area contributed by atoms with E-state index in [1.165, 1.54) is 0 Å². The molecule has 16 heavy (non-hydrogen) atoms. The van der Waals surface area contributed by atoms with Crippen molar-refractivity contribution >= 4 is 0 Å². The second-order valence-corrected chi connectivity index (χ2v) is 3.81. The van der Waals surface area contributed by atoms with Gasteiger partial charge in [-0.25, -0.2) is 9.97 Å². The predicted molar refractivity (Wildman–Crippen MR) is 59.5 cm³/mol. The van der Waals surface area contributed by atoms with Crippen LogP contribution < -0.4 is 5.73 Å². The highest BCUT2D eigenvalue weighted by Crippen LogP contribution is 2.01. The molecule has 86 valence electrons. The summed E-state index contributed by atoms with van der Waals surface area (Å²) >= 11 is 0. The maximum absolute atomic E-state index is 5.68. The lowest BCUT2D eigenvalue weighted by Gasteiger charge is -2.02. The molecule has 6 heteroatoms.